The molecule has 10 heteroatoms. The third kappa shape index (κ3) is 3.40. The smallest absolute Gasteiger partial charge is 0.289 e. The molecule has 1 fully saturated rings. The molecular formula is C18H20N6O4. The zero-order chi connectivity index (χ0) is 19.7. The van der Waals surface area contributed by atoms with E-state index in [1.165, 1.54) is 0 Å². The second kappa shape index (κ2) is 7.29. The van der Waals surface area contributed by atoms with Crippen LogP contribution in [0, 0.1) is 12.8 Å². The number of furan rings is 1. The van der Waals surface area contributed by atoms with E-state index in [4.69, 9.17) is 8.94 Å². The highest BCUT2D eigenvalue weighted by Crippen LogP contribution is 2.33. The lowest BCUT2D eigenvalue weighted by molar-refractivity contribution is -0.124. The number of aromatic nitrogens is 4. The summed E-state index contributed by atoms with van der Waals surface area (Å²) >= 11 is 0. The van der Waals surface area contributed by atoms with Crippen LogP contribution >= 0.6 is 0 Å². The van der Waals surface area contributed by atoms with Crippen molar-refractivity contribution in [1.82, 2.24) is 29.9 Å². The molecule has 2 atom stereocenters. The van der Waals surface area contributed by atoms with Gasteiger partial charge in [0.1, 0.15) is 5.76 Å². The van der Waals surface area contributed by atoms with Gasteiger partial charge >= 0.3 is 0 Å². The zero-order valence-electron chi connectivity index (χ0n) is 15.5. The fourth-order valence-electron chi connectivity index (χ4n) is 3.43. The van der Waals surface area contributed by atoms with E-state index in [0.29, 0.717) is 30.6 Å². The van der Waals surface area contributed by atoms with E-state index in [1.54, 1.807) is 43.5 Å². The highest BCUT2D eigenvalue weighted by Gasteiger charge is 2.43. The predicted octanol–water partition coefficient (Wildman–Crippen LogP) is 0.818. The maximum absolute atomic E-state index is 12.9. The highest BCUT2D eigenvalue weighted by atomic mass is 16.5. The molecular weight excluding hydrogens is 364 g/mol. The first kappa shape index (κ1) is 18.0. The molecule has 0 aromatic carbocycles. The number of hydrogen-bond acceptors (Lipinski definition) is 7. The Morgan fingerprint density at radius 3 is 2.86 bits per heavy atom. The Morgan fingerprint density at radius 1 is 1.32 bits per heavy atom. The fraction of sp³-hybridized carbons (Fsp3) is 0.389. The Labute approximate surface area is 160 Å². The maximum Gasteiger partial charge on any atom is 0.289 e. The minimum absolute atomic E-state index is 0.170. The molecule has 1 aliphatic heterocycles. The molecule has 10 nitrogen and oxygen atoms in total. The van der Waals surface area contributed by atoms with Crippen molar-refractivity contribution in [3.8, 4) is 0 Å². The van der Waals surface area contributed by atoms with Crippen LogP contribution in [0.1, 0.15) is 33.9 Å². The number of likely N-dealkylation sites (tertiary alicyclic amines) is 1. The van der Waals surface area contributed by atoms with Gasteiger partial charge in [-0.15, -0.1) is 0 Å². The lowest BCUT2D eigenvalue weighted by atomic mass is 9.95. The lowest BCUT2D eigenvalue weighted by Gasteiger charge is -2.14. The first-order valence-corrected chi connectivity index (χ1v) is 8.90. The van der Waals surface area contributed by atoms with E-state index in [1.807, 2.05) is 10.8 Å². The van der Waals surface area contributed by atoms with Crippen molar-refractivity contribution in [1.29, 1.82) is 0 Å². The number of aryl methyl sites for hydroxylation is 1. The average Bonchev–Trinajstić information content (AvgIpc) is 3.47. The monoisotopic (exact) mass is 384 g/mol. The average molecular weight is 384 g/mol. The summed E-state index contributed by atoms with van der Waals surface area (Å²) in [4.78, 5) is 35.1. The van der Waals surface area contributed by atoms with Crippen molar-refractivity contribution >= 4 is 11.8 Å². The summed E-state index contributed by atoms with van der Waals surface area (Å²) in [7, 11) is 1.57. The number of rotatable bonds is 5. The van der Waals surface area contributed by atoms with Gasteiger partial charge in [-0.3, -0.25) is 9.59 Å². The van der Waals surface area contributed by atoms with Gasteiger partial charge < -0.3 is 23.7 Å². The van der Waals surface area contributed by atoms with Crippen molar-refractivity contribution in [2.75, 3.05) is 20.1 Å². The molecule has 0 bridgehead atoms. The largest absolute Gasteiger partial charge is 0.454 e. The van der Waals surface area contributed by atoms with Crippen LogP contribution in [0.25, 0.3) is 0 Å². The predicted molar refractivity (Wildman–Crippen MR) is 95.3 cm³/mol. The fourth-order valence-corrected chi connectivity index (χ4v) is 3.43. The van der Waals surface area contributed by atoms with E-state index in [2.05, 4.69) is 20.4 Å². The second-order valence-corrected chi connectivity index (χ2v) is 6.72. The Balaban J connectivity index is 1.51. The van der Waals surface area contributed by atoms with E-state index < -0.39 is 5.92 Å². The summed E-state index contributed by atoms with van der Waals surface area (Å²) in [5, 5.41) is 6.44. The van der Waals surface area contributed by atoms with Gasteiger partial charge in [0.05, 0.1) is 24.7 Å². The minimum atomic E-state index is -0.464. The zero-order valence-corrected chi connectivity index (χ0v) is 15.5. The molecule has 0 aliphatic carbocycles. The van der Waals surface area contributed by atoms with E-state index >= 15 is 0 Å². The van der Waals surface area contributed by atoms with Gasteiger partial charge in [-0.2, -0.15) is 4.98 Å². The normalized spacial score (nSPS) is 19.1. The van der Waals surface area contributed by atoms with Crippen LogP contribution in [0.3, 0.4) is 0 Å². The molecule has 0 unspecified atom stereocenters. The van der Waals surface area contributed by atoms with E-state index in [9.17, 15) is 9.59 Å². The van der Waals surface area contributed by atoms with Crippen LogP contribution in [-0.2, 0) is 11.3 Å². The molecule has 2 amide bonds. The summed E-state index contributed by atoms with van der Waals surface area (Å²) in [5.41, 5.74) is 0. The molecule has 3 aromatic rings. The van der Waals surface area contributed by atoms with Gasteiger partial charge in [0.25, 0.3) is 5.91 Å². The number of nitrogens with one attached hydrogen (secondary N) is 1. The first-order chi connectivity index (χ1) is 13.5. The van der Waals surface area contributed by atoms with Gasteiger partial charge in [0, 0.05) is 32.5 Å². The molecule has 4 heterocycles. The molecule has 0 radical (unpaired) electrons. The van der Waals surface area contributed by atoms with Gasteiger partial charge in [0.2, 0.25) is 11.8 Å². The Kier molecular flexibility index (Phi) is 4.68. The van der Waals surface area contributed by atoms with Crippen molar-refractivity contribution < 1.29 is 18.5 Å². The minimum Gasteiger partial charge on any atom is -0.454 e. The number of amides is 2. The topological polar surface area (TPSA) is 119 Å². The molecule has 146 valence electrons. The summed E-state index contributed by atoms with van der Waals surface area (Å²) in [5.74, 6) is 0.466. The van der Waals surface area contributed by atoms with E-state index in [-0.39, 0.29) is 30.0 Å². The van der Waals surface area contributed by atoms with Gasteiger partial charge in [-0.25, -0.2) is 4.98 Å². The summed E-state index contributed by atoms with van der Waals surface area (Å²) in [6, 6.07) is 3.41. The Hall–Kier alpha value is -3.43. The molecule has 28 heavy (non-hydrogen) atoms. The van der Waals surface area contributed by atoms with Crippen LogP contribution in [0.5, 0.6) is 0 Å². The van der Waals surface area contributed by atoms with Crippen molar-refractivity contribution in [2.45, 2.75) is 19.4 Å². The molecule has 0 saturated carbocycles. The third-order valence-electron chi connectivity index (χ3n) is 4.82. The maximum atomic E-state index is 12.9. The molecule has 1 aliphatic rings. The van der Waals surface area contributed by atoms with Gasteiger partial charge in [-0.05, 0) is 19.1 Å². The van der Waals surface area contributed by atoms with Crippen molar-refractivity contribution in [3.63, 3.8) is 0 Å². The Bertz CT molecular complexity index is 976. The van der Waals surface area contributed by atoms with E-state index in [0.717, 1.165) is 0 Å². The number of carbonyl (C=O) groups is 2. The SMILES string of the molecule is CNC(=O)[C@@H]1CN(C(=O)c2ccc(Cn3ccnc3)o2)C[C@H]1c1nc(C)no1. The summed E-state index contributed by atoms with van der Waals surface area (Å²) in [6.07, 6.45) is 5.17. The standard InChI is InChI=1S/C18H20N6O4/c1-11-21-17(28-22-11)14-9-24(8-13(14)16(25)19-2)18(26)15-4-3-12(27-15)7-23-6-5-20-10-23/h3-6,10,13-14H,7-9H2,1-2H3,(H,19,25)/t13-,14-/m1/s1. The number of hydrogen-bond donors (Lipinski definition) is 1. The molecule has 4 rings (SSSR count). The van der Waals surface area contributed by atoms with Gasteiger partial charge in [0.15, 0.2) is 11.6 Å². The molecule has 1 N–H and O–H groups in total. The molecule has 0 spiro atoms. The Morgan fingerprint density at radius 2 is 2.18 bits per heavy atom. The third-order valence-corrected chi connectivity index (χ3v) is 4.82. The van der Waals surface area contributed by atoms with Crippen molar-refractivity contribution in [2.24, 2.45) is 5.92 Å². The van der Waals surface area contributed by atoms with Crippen LogP contribution in [0.2, 0.25) is 0 Å². The summed E-state index contributed by atoms with van der Waals surface area (Å²) < 4.78 is 12.8. The quantitative estimate of drug-likeness (QED) is 0.691. The summed E-state index contributed by atoms with van der Waals surface area (Å²) in [6.45, 7) is 2.75. The van der Waals surface area contributed by atoms with Crippen LogP contribution < -0.4 is 5.32 Å². The lowest BCUT2D eigenvalue weighted by Crippen LogP contribution is -2.33. The number of carbonyl (C=O) groups excluding carboxylic acids is 2. The number of nitrogens with zero attached hydrogens (tertiary/aromatic N) is 5. The molecule has 3 aromatic heterocycles. The second-order valence-electron chi connectivity index (χ2n) is 6.72. The van der Waals surface area contributed by atoms with Crippen LogP contribution in [0.15, 0.2) is 39.8 Å². The van der Waals surface area contributed by atoms with Crippen LogP contribution in [0.4, 0.5) is 0 Å². The first-order valence-electron chi connectivity index (χ1n) is 8.90. The highest BCUT2D eigenvalue weighted by molar-refractivity contribution is 5.92. The number of imidazole rings is 1. The van der Waals surface area contributed by atoms with Crippen LogP contribution in [-0.4, -0.2) is 56.5 Å². The van der Waals surface area contributed by atoms with Gasteiger partial charge in [-0.1, -0.05) is 5.16 Å². The van der Waals surface area contributed by atoms with Crippen molar-refractivity contribution in [3.05, 3.63) is 54.1 Å². The molecule has 1 saturated heterocycles.